The van der Waals surface area contributed by atoms with Crippen molar-refractivity contribution in [3.8, 4) is 11.5 Å². The summed E-state index contributed by atoms with van der Waals surface area (Å²) in [5.41, 5.74) is 0.927. The molecule has 1 aromatic carbocycles. The Morgan fingerprint density at radius 1 is 1.12 bits per heavy atom. The lowest BCUT2D eigenvalue weighted by molar-refractivity contribution is -0.126. The fourth-order valence-electron chi connectivity index (χ4n) is 2.60. The van der Waals surface area contributed by atoms with Gasteiger partial charge in [0.1, 0.15) is 11.5 Å². The minimum Gasteiger partial charge on any atom is -0.494 e. The van der Waals surface area contributed by atoms with Gasteiger partial charge in [0, 0.05) is 12.6 Å². The third-order valence-electron chi connectivity index (χ3n) is 3.79. The van der Waals surface area contributed by atoms with Crippen molar-refractivity contribution in [1.82, 2.24) is 4.90 Å². The first-order valence-corrected chi connectivity index (χ1v) is 9.39. The first-order chi connectivity index (χ1) is 11.6. The lowest BCUT2D eigenvalue weighted by atomic mass is 10.1. The average Bonchev–Trinajstić information content (AvgIpc) is 2.82. The van der Waals surface area contributed by atoms with Crippen molar-refractivity contribution in [2.45, 2.75) is 45.3 Å². The number of carbonyl (C=O) groups excluding carboxylic acids is 2. The molecule has 132 valence electrons. The quantitative estimate of drug-likeness (QED) is 0.675. The molecule has 1 aromatic rings. The summed E-state index contributed by atoms with van der Waals surface area (Å²) in [5, 5.41) is -0.506. The molecule has 1 heterocycles. The summed E-state index contributed by atoms with van der Waals surface area (Å²) in [6.45, 7) is 7.53. The van der Waals surface area contributed by atoms with Crippen LogP contribution in [-0.4, -0.2) is 41.1 Å². The van der Waals surface area contributed by atoms with Crippen LogP contribution in [0.25, 0.3) is 0 Å². The monoisotopic (exact) mass is 351 g/mol. The fraction of sp³-hybridized carbons (Fsp3) is 0.556. The molecule has 1 saturated heterocycles. The number of thioether (sulfide) groups is 1. The molecule has 0 N–H and O–H groups in total. The number of imide groups is 1. The number of unbranched alkanes of at least 4 members (excludes halogenated alkanes) is 1. The van der Waals surface area contributed by atoms with Gasteiger partial charge in [-0.2, -0.15) is 0 Å². The first kappa shape index (κ1) is 18.6. The van der Waals surface area contributed by atoms with Gasteiger partial charge in [0.05, 0.1) is 18.5 Å². The number of benzene rings is 1. The second-order valence-electron chi connectivity index (χ2n) is 5.56. The molecule has 1 fully saturated rings. The number of ether oxygens (including phenoxy) is 2. The van der Waals surface area contributed by atoms with E-state index in [9.17, 15) is 9.59 Å². The van der Waals surface area contributed by atoms with Gasteiger partial charge >= 0.3 is 0 Å². The molecule has 24 heavy (non-hydrogen) atoms. The van der Waals surface area contributed by atoms with Crippen LogP contribution in [0.15, 0.2) is 18.2 Å². The number of rotatable bonds is 9. The van der Waals surface area contributed by atoms with Crippen molar-refractivity contribution in [3.63, 3.8) is 0 Å². The van der Waals surface area contributed by atoms with Crippen LogP contribution in [0.4, 0.5) is 4.79 Å². The van der Waals surface area contributed by atoms with Gasteiger partial charge in [-0.1, -0.05) is 31.2 Å². The number of carbonyl (C=O) groups is 2. The smallest absolute Gasteiger partial charge is 0.289 e. The zero-order valence-corrected chi connectivity index (χ0v) is 15.4. The maximum absolute atomic E-state index is 12.5. The van der Waals surface area contributed by atoms with E-state index in [1.807, 2.05) is 39.0 Å². The maximum atomic E-state index is 12.5. The van der Waals surface area contributed by atoms with Crippen LogP contribution >= 0.6 is 11.8 Å². The summed E-state index contributed by atoms with van der Waals surface area (Å²) < 4.78 is 11.2. The van der Waals surface area contributed by atoms with Crippen LogP contribution in [0.2, 0.25) is 0 Å². The summed E-state index contributed by atoms with van der Waals surface area (Å²) in [6, 6.07) is 5.65. The lowest BCUT2D eigenvalue weighted by Crippen LogP contribution is -2.33. The van der Waals surface area contributed by atoms with E-state index in [0.717, 1.165) is 41.7 Å². The second kappa shape index (κ2) is 8.97. The normalized spacial score (nSPS) is 17.5. The number of amides is 2. The van der Waals surface area contributed by atoms with Crippen LogP contribution in [-0.2, 0) is 11.2 Å². The van der Waals surface area contributed by atoms with E-state index in [1.165, 1.54) is 4.90 Å². The highest BCUT2D eigenvalue weighted by molar-refractivity contribution is 8.15. The standard InChI is InChI=1S/C18H25NO4S/c1-4-7-10-19-17(20)16(24-18(19)21)11-13-8-9-14(22-5-2)12-15(13)23-6-3/h8-9,12,16H,4-7,10-11H2,1-3H3/t16-/m0/s1. The largest absolute Gasteiger partial charge is 0.494 e. The molecule has 0 saturated carbocycles. The van der Waals surface area contributed by atoms with Gasteiger partial charge in [-0.15, -0.1) is 0 Å². The van der Waals surface area contributed by atoms with Crippen LogP contribution in [0, 0.1) is 0 Å². The zero-order chi connectivity index (χ0) is 17.5. The van der Waals surface area contributed by atoms with E-state index in [4.69, 9.17) is 9.47 Å². The van der Waals surface area contributed by atoms with Gasteiger partial charge in [-0.3, -0.25) is 14.5 Å². The van der Waals surface area contributed by atoms with Crippen molar-refractivity contribution >= 4 is 22.9 Å². The summed E-state index contributed by atoms with van der Waals surface area (Å²) in [5.74, 6) is 1.38. The average molecular weight is 351 g/mol. The third-order valence-corrected chi connectivity index (χ3v) is 4.87. The lowest BCUT2D eigenvalue weighted by Gasteiger charge is -2.15. The fourth-order valence-corrected chi connectivity index (χ4v) is 3.64. The summed E-state index contributed by atoms with van der Waals surface area (Å²) >= 11 is 1.12. The zero-order valence-electron chi connectivity index (χ0n) is 14.5. The van der Waals surface area contributed by atoms with Crippen molar-refractivity contribution in [1.29, 1.82) is 0 Å². The molecular formula is C18H25NO4S. The summed E-state index contributed by atoms with van der Waals surface area (Å²) in [4.78, 5) is 25.9. The molecule has 0 aromatic heterocycles. The number of nitrogens with zero attached hydrogens (tertiary/aromatic N) is 1. The molecule has 2 amide bonds. The van der Waals surface area contributed by atoms with E-state index in [-0.39, 0.29) is 16.4 Å². The van der Waals surface area contributed by atoms with Crippen LogP contribution in [0.1, 0.15) is 39.2 Å². The van der Waals surface area contributed by atoms with E-state index in [0.29, 0.717) is 26.2 Å². The minimum atomic E-state index is -0.369. The van der Waals surface area contributed by atoms with Crippen molar-refractivity contribution < 1.29 is 19.1 Å². The SMILES string of the molecule is CCCCN1C(=O)S[C@@H](Cc2ccc(OCC)cc2OCC)C1=O. The molecular weight excluding hydrogens is 326 g/mol. The van der Waals surface area contributed by atoms with Crippen LogP contribution in [0.3, 0.4) is 0 Å². The highest BCUT2D eigenvalue weighted by Gasteiger charge is 2.39. The number of hydrogen-bond acceptors (Lipinski definition) is 5. The van der Waals surface area contributed by atoms with Gasteiger partial charge < -0.3 is 9.47 Å². The predicted octanol–water partition coefficient (Wildman–Crippen LogP) is 3.89. The van der Waals surface area contributed by atoms with Gasteiger partial charge in [0.15, 0.2) is 0 Å². The Morgan fingerprint density at radius 2 is 1.88 bits per heavy atom. The minimum absolute atomic E-state index is 0.0882. The Balaban J connectivity index is 2.12. The Bertz CT molecular complexity index is 590. The maximum Gasteiger partial charge on any atom is 0.289 e. The Morgan fingerprint density at radius 3 is 2.54 bits per heavy atom. The van der Waals surface area contributed by atoms with E-state index in [2.05, 4.69) is 0 Å². The van der Waals surface area contributed by atoms with Crippen LogP contribution in [0.5, 0.6) is 11.5 Å². The Labute approximate surface area is 147 Å². The summed E-state index contributed by atoms with van der Waals surface area (Å²) in [7, 11) is 0. The van der Waals surface area contributed by atoms with Crippen molar-refractivity contribution in [3.05, 3.63) is 23.8 Å². The van der Waals surface area contributed by atoms with Crippen molar-refractivity contribution in [2.75, 3.05) is 19.8 Å². The van der Waals surface area contributed by atoms with E-state index < -0.39 is 0 Å². The predicted molar refractivity (Wildman–Crippen MR) is 95.9 cm³/mol. The topological polar surface area (TPSA) is 55.8 Å². The molecule has 2 rings (SSSR count). The van der Waals surface area contributed by atoms with Crippen LogP contribution < -0.4 is 9.47 Å². The summed E-state index contributed by atoms with van der Waals surface area (Å²) in [6.07, 6.45) is 2.29. The molecule has 0 radical (unpaired) electrons. The highest BCUT2D eigenvalue weighted by atomic mass is 32.2. The number of hydrogen-bond donors (Lipinski definition) is 0. The van der Waals surface area contributed by atoms with Crippen molar-refractivity contribution in [2.24, 2.45) is 0 Å². The molecule has 0 bridgehead atoms. The molecule has 1 aliphatic rings. The molecule has 0 spiro atoms. The van der Waals surface area contributed by atoms with Gasteiger partial charge in [0.2, 0.25) is 5.91 Å². The Kier molecular flexibility index (Phi) is 6.97. The van der Waals surface area contributed by atoms with Gasteiger partial charge in [-0.05, 0) is 38.3 Å². The van der Waals surface area contributed by atoms with Gasteiger partial charge in [-0.25, -0.2) is 0 Å². The van der Waals surface area contributed by atoms with Gasteiger partial charge in [0.25, 0.3) is 5.24 Å². The highest BCUT2D eigenvalue weighted by Crippen LogP contribution is 2.33. The molecule has 1 aliphatic heterocycles. The van der Waals surface area contributed by atoms with E-state index in [1.54, 1.807) is 0 Å². The molecule has 0 unspecified atom stereocenters. The second-order valence-corrected chi connectivity index (χ2v) is 6.71. The molecule has 6 heteroatoms. The molecule has 1 atom stereocenters. The Hall–Kier alpha value is -1.69. The van der Waals surface area contributed by atoms with E-state index >= 15 is 0 Å². The molecule has 0 aliphatic carbocycles. The first-order valence-electron chi connectivity index (χ1n) is 8.51. The molecule has 5 nitrogen and oxygen atoms in total. The third kappa shape index (κ3) is 4.44.